The third-order valence-corrected chi connectivity index (χ3v) is 12.3. The average molecular weight is 762 g/mol. The second-order valence-electron chi connectivity index (χ2n) is 15.6. The Labute approximate surface area is 341 Å². The minimum atomic E-state index is -0.507. The van der Waals surface area contributed by atoms with Gasteiger partial charge in [0.05, 0.1) is 23.7 Å². The number of aliphatic imine (C=N–C) groups is 2. The minimum absolute atomic E-state index is 0.0157. The molecule has 0 spiro atoms. The molecule has 6 nitrogen and oxygen atoms in total. The zero-order valence-electron chi connectivity index (χ0n) is 32.2. The van der Waals surface area contributed by atoms with Crippen molar-refractivity contribution in [3.63, 3.8) is 0 Å². The van der Waals surface area contributed by atoms with E-state index in [0.717, 1.165) is 45.8 Å². The molecule has 2 unspecified atom stereocenters. The van der Waals surface area contributed by atoms with E-state index in [9.17, 15) is 0 Å². The molecule has 9 aromatic rings. The fourth-order valence-electron chi connectivity index (χ4n) is 9.59. The highest BCUT2D eigenvalue weighted by molar-refractivity contribution is 6.16. The van der Waals surface area contributed by atoms with Crippen LogP contribution < -0.4 is 5.32 Å². The third kappa shape index (κ3) is 5.52. The average Bonchev–Trinajstić information content (AvgIpc) is 3.74. The van der Waals surface area contributed by atoms with E-state index < -0.39 is 6.29 Å². The number of nitrogens with zero attached hydrogens (tertiary/aromatic N) is 4. The molecule has 1 N–H and O–H groups in total. The first-order chi connectivity index (χ1) is 29.3. The molecule has 12 rings (SSSR count). The number of nitrogens with one attached hydrogen (secondary N) is 1. The molecule has 6 heteroatoms. The lowest BCUT2D eigenvalue weighted by atomic mass is 9.88. The van der Waals surface area contributed by atoms with Crippen LogP contribution in [0.1, 0.15) is 34.6 Å². The van der Waals surface area contributed by atoms with E-state index in [1.54, 1.807) is 0 Å². The molecule has 0 fully saturated rings. The van der Waals surface area contributed by atoms with Gasteiger partial charge in [-0.3, -0.25) is 4.57 Å². The largest absolute Gasteiger partial charge is 0.371 e. The highest BCUT2D eigenvalue weighted by atomic mass is 16.5. The molecule has 2 atom stereocenters. The summed E-state index contributed by atoms with van der Waals surface area (Å²) in [5, 5.41) is 8.37. The van der Waals surface area contributed by atoms with Crippen LogP contribution in [0.4, 0.5) is 0 Å². The molecular formula is C53H39N5O. The molecule has 7 aromatic carbocycles. The van der Waals surface area contributed by atoms with Crippen molar-refractivity contribution in [1.29, 1.82) is 0 Å². The summed E-state index contributed by atoms with van der Waals surface area (Å²) < 4.78 is 11.5. The van der Waals surface area contributed by atoms with Gasteiger partial charge in [0, 0.05) is 43.7 Å². The van der Waals surface area contributed by atoms with Crippen molar-refractivity contribution in [3.8, 4) is 11.1 Å². The Morgan fingerprint density at radius 1 is 0.508 bits per heavy atom. The van der Waals surface area contributed by atoms with Gasteiger partial charge in [0.15, 0.2) is 0 Å². The number of aromatic nitrogens is 2. The summed E-state index contributed by atoms with van der Waals surface area (Å²) in [5.41, 5.74) is 12.9. The molecule has 2 aliphatic heterocycles. The molecule has 4 heterocycles. The van der Waals surface area contributed by atoms with Gasteiger partial charge in [-0.1, -0.05) is 152 Å². The van der Waals surface area contributed by atoms with E-state index in [0.29, 0.717) is 6.61 Å². The predicted molar refractivity (Wildman–Crippen MR) is 242 cm³/mol. The van der Waals surface area contributed by atoms with Crippen LogP contribution in [0.2, 0.25) is 0 Å². The predicted octanol–water partition coefficient (Wildman–Crippen LogP) is 11.7. The van der Waals surface area contributed by atoms with E-state index in [-0.39, 0.29) is 12.1 Å². The highest BCUT2D eigenvalue weighted by Crippen LogP contribution is 2.43. The Balaban J connectivity index is 0.984. The summed E-state index contributed by atoms with van der Waals surface area (Å²) in [6.45, 7) is 0.697. The second kappa shape index (κ2) is 13.7. The van der Waals surface area contributed by atoms with Crippen molar-refractivity contribution in [2.45, 2.75) is 24.9 Å². The third-order valence-electron chi connectivity index (χ3n) is 12.3. The van der Waals surface area contributed by atoms with Crippen molar-refractivity contribution in [2.24, 2.45) is 9.98 Å². The molecule has 59 heavy (non-hydrogen) atoms. The summed E-state index contributed by atoms with van der Waals surface area (Å²) in [4.78, 5) is 10.5. The number of amidine groups is 2. The van der Waals surface area contributed by atoms with Crippen LogP contribution in [-0.4, -0.2) is 33.5 Å². The number of benzene rings is 7. The maximum atomic E-state index is 6.73. The van der Waals surface area contributed by atoms with Crippen LogP contribution in [0.25, 0.3) is 60.3 Å². The Bertz CT molecular complexity index is 3180. The van der Waals surface area contributed by atoms with Gasteiger partial charge in [0.1, 0.15) is 17.8 Å². The first-order valence-corrected chi connectivity index (χ1v) is 20.4. The molecule has 0 bridgehead atoms. The van der Waals surface area contributed by atoms with Crippen LogP contribution in [0, 0.1) is 0 Å². The number of para-hydroxylation sites is 2. The summed E-state index contributed by atoms with van der Waals surface area (Å²) >= 11 is 0. The van der Waals surface area contributed by atoms with Crippen molar-refractivity contribution in [2.75, 3.05) is 6.61 Å². The van der Waals surface area contributed by atoms with Crippen LogP contribution in [0.15, 0.2) is 198 Å². The van der Waals surface area contributed by atoms with Gasteiger partial charge in [0.2, 0.25) is 6.29 Å². The van der Waals surface area contributed by atoms with Crippen LogP contribution in [-0.2, 0) is 11.2 Å². The number of fused-ring (bicyclic) bond motifs is 9. The second-order valence-corrected chi connectivity index (χ2v) is 15.6. The lowest BCUT2D eigenvalue weighted by Gasteiger charge is -2.31. The first-order valence-electron chi connectivity index (χ1n) is 20.4. The Hall–Kier alpha value is -7.28. The van der Waals surface area contributed by atoms with Crippen LogP contribution in [0.3, 0.4) is 0 Å². The fourth-order valence-corrected chi connectivity index (χ4v) is 9.59. The van der Waals surface area contributed by atoms with Crippen LogP contribution >= 0.6 is 0 Å². The van der Waals surface area contributed by atoms with Crippen molar-refractivity contribution in [3.05, 3.63) is 210 Å². The van der Waals surface area contributed by atoms with E-state index in [2.05, 4.69) is 166 Å². The van der Waals surface area contributed by atoms with E-state index in [1.165, 1.54) is 54.8 Å². The number of hydrogen-bond donors (Lipinski definition) is 1. The number of hydrogen-bond acceptors (Lipinski definition) is 4. The van der Waals surface area contributed by atoms with Crippen molar-refractivity contribution in [1.82, 2.24) is 14.5 Å². The van der Waals surface area contributed by atoms with Crippen LogP contribution in [0.5, 0.6) is 0 Å². The highest BCUT2D eigenvalue weighted by Gasteiger charge is 2.33. The summed E-state index contributed by atoms with van der Waals surface area (Å²) in [6, 6.07) is 60.7. The Morgan fingerprint density at radius 2 is 1.05 bits per heavy atom. The monoisotopic (exact) mass is 761 g/mol. The lowest BCUT2D eigenvalue weighted by molar-refractivity contribution is 0.0741. The first kappa shape index (κ1) is 33.8. The van der Waals surface area contributed by atoms with Gasteiger partial charge in [-0.2, -0.15) is 0 Å². The number of allylic oxidation sites excluding steroid dienone is 2. The normalized spacial score (nSPS) is 17.9. The maximum Gasteiger partial charge on any atom is 0.224 e. The quantitative estimate of drug-likeness (QED) is 0.190. The van der Waals surface area contributed by atoms with E-state index in [1.807, 2.05) is 36.4 Å². The van der Waals surface area contributed by atoms with Gasteiger partial charge in [0.25, 0.3) is 0 Å². The minimum Gasteiger partial charge on any atom is -0.371 e. The molecule has 282 valence electrons. The smallest absolute Gasteiger partial charge is 0.224 e. The van der Waals surface area contributed by atoms with Gasteiger partial charge >= 0.3 is 0 Å². The maximum absolute atomic E-state index is 6.73. The van der Waals surface area contributed by atoms with Gasteiger partial charge in [-0.15, -0.1) is 0 Å². The Kier molecular flexibility index (Phi) is 7.84. The zero-order valence-corrected chi connectivity index (χ0v) is 32.2. The molecule has 0 radical (unpaired) electrons. The molecule has 0 amide bonds. The fraction of sp³-hybridized carbons (Fsp3) is 0.0943. The number of ether oxygens (including phenoxy) is 1. The summed E-state index contributed by atoms with van der Waals surface area (Å²) in [6.07, 6.45) is 7.11. The lowest BCUT2D eigenvalue weighted by Crippen LogP contribution is -2.36. The molecule has 0 saturated heterocycles. The van der Waals surface area contributed by atoms with Gasteiger partial charge in [-0.25, -0.2) is 9.98 Å². The van der Waals surface area contributed by atoms with E-state index in [4.69, 9.17) is 14.7 Å². The van der Waals surface area contributed by atoms with Crippen molar-refractivity contribution < 1.29 is 4.74 Å². The van der Waals surface area contributed by atoms with Crippen molar-refractivity contribution >= 4 is 60.9 Å². The molecule has 3 aliphatic rings. The van der Waals surface area contributed by atoms with E-state index >= 15 is 0 Å². The molecule has 2 aromatic heterocycles. The summed E-state index contributed by atoms with van der Waals surface area (Å²) in [5.74, 6) is 1.59. The van der Waals surface area contributed by atoms with Gasteiger partial charge in [-0.05, 0) is 70.6 Å². The topological polar surface area (TPSA) is 55.8 Å². The molecular weight excluding hydrogens is 723 g/mol. The SMILES string of the molecule is C1=CC(n2c3ccccc3c3cc(-c4ccc5c(c4)c4ccccc4n5C4N=C(c5ccccc5)NC(c5ccccc5)=N4)ccc32)C2OCCc3ccccc3C2=C1. The molecule has 0 saturated carbocycles. The summed E-state index contributed by atoms with van der Waals surface area (Å²) in [7, 11) is 0. The standard InChI is InChI=1S/C53H39N5O/c1-3-15-35(16-4-1)51-54-52(36-17-5-2-6-18-36)56-53(55-51)58-46-24-12-10-21-41(46)44-33-38(27-29-48(44)58)37-26-28-47-43(32-37)40-20-9-11-23-45(40)57(47)49-25-13-22-42-39-19-8-7-14-34(39)30-31-59-50(42)49/h1-29,32-33,49-50,53H,30-31H2,(H,54,55,56). The zero-order chi connectivity index (χ0) is 38.9. The molecule has 1 aliphatic carbocycles. The number of rotatable bonds is 5. The van der Waals surface area contributed by atoms with Gasteiger partial charge < -0.3 is 14.6 Å². The Morgan fingerprint density at radius 3 is 1.71 bits per heavy atom.